The molecule has 1 aromatic carbocycles. The molecule has 0 amide bonds. The van der Waals surface area contributed by atoms with E-state index in [0.29, 0.717) is 18.1 Å². The summed E-state index contributed by atoms with van der Waals surface area (Å²) in [6.07, 6.45) is 10.1. The summed E-state index contributed by atoms with van der Waals surface area (Å²) in [5, 5.41) is 2.56. The molecule has 20 heavy (non-hydrogen) atoms. The van der Waals surface area contributed by atoms with Crippen molar-refractivity contribution in [2.45, 2.75) is 50.2 Å². The van der Waals surface area contributed by atoms with Gasteiger partial charge in [0.05, 0.1) is 0 Å². The summed E-state index contributed by atoms with van der Waals surface area (Å²) in [4.78, 5) is 6.98. The van der Waals surface area contributed by atoms with Gasteiger partial charge in [-0.05, 0) is 49.6 Å². The number of benzene rings is 1. The lowest BCUT2D eigenvalue weighted by Gasteiger charge is -2.50. The van der Waals surface area contributed by atoms with Crippen molar-refractivity contribution in [2.75, 3.05) is 4.90 Å². The molecular formula is C17H21N3. The normalized spacial score (nSPS) is 29.6. The Hall–Kier alpha value is -1.61. The number of hydrogen-bond donors (Lipinski definition) is 1. The van der Waals surface area contributed by atoms with Gasteiger partial charge in [-0.2, -0.15) is 0 Å². The van der Waals surface area contributed by atoms with Crippen LogP contribution < -0.4 is 10.6 Å². The highest BCUT2D eigenvalue weighted by Gasteiger charge is 2.37. The van der Waals surface area contributed by atoms with Crippen LogP contribution in [0.1, 0.15) is 32.1 Å². The van der Waals surface area contributed by atoms with E-state index in [-0.39, 0.29) is 0 Å². The second-order valence-corrected chi connectivity index (χ2v) is 6.25. The molecule has 0 saturated carbocycles. The van der Waals surface area contributed by atoms with E-state index < -0.39 is 0 Å². The third kappa shape index (κ3) is 1.88. The van der Waals surface area contributed by atoms with Crippen molar-refractivity contribution in [3.8, 4) is 0 Å². The fourth-order valence-electron chi connectivity index (χ4n) is 4.14. The van der Waals surface area contributed by atoms with E-state index in [4.69, 9.17) is 5.73 Å². The van der Waals surface area contributed by atoms with Crippen LogP contribution in [0.25, 0.3) is 10.8 Å². The summed E-state index contributed by atoms with van der Waals surface area (Å²) in [7, 11) is 0. The van der Waals surface area contributed by atoms with Crippen molar-refractivity contribution in [1.29, 1.82) is 0 Å². The standard InChI is InChI=1S/C17H21N3/c18-13-9-14-4-2-5-15(10-13)20(14)17-6-1-3-12-7-8-19-11-16(12)17/h1,3,6-8,11,13-15H,2,4-5,9-10,18H2. The van der Waals surface area contributed by atoms with Crippen LogP contribution in [0.2, 0.25) is 0 Å². The topological polar surface area (TPSA) is 42.1 Å². The van der Waals surface area contributed by atoms with Crippen molar-refractivity contribution < 1.29 is 0 Å². The molecule has 3 heteroatoms. The number of pyridine rings is 1. The summed E-state index contributed by atoms with van der Waals surface area (Å²) in [6.45, 7) is 0. The fourth-order valence-corrected chi connectivity index (χ4v) is 4.14. The first-order chi connectivity index (χ1) is 9.83. The molecule has 0 radical (unpaired) electrons. The number of fused-ring (bicyclic) bond motifs is 3. The van der Waals surface area contributed by atoms with Crippen LogP contribution in [0.3, 0.4) is 0 Å². The van der Waals surface area contributed by atoms with Gasteiger partial charge in [0.2, 0.25) is 0 Å². The van der Waals surface area contributed by atoms with Gasteiger partial charge in [0.25, 0.3) is 0 Å². The van der Waals surface area contributed by atoms with Crippen molar-refractivity contribution in [3.63, 3.8) is 0 Å². The predicted molar refractivity (Wildman–Crippen MR) is 82.9 cm³/mol. The zero-order valence-electron chi connectivity index (χ0n) is 11.7. The Morgan fingerprint density at radius 1 is 1.10 bits per heavy atom. The van der Waals surface area contributed by atoms with Crippen LogP contribution in [0.5, 0.6) is 0 Å². The monoisotopic (exact) mass is 267 g/mol. The SMILES string of the molecule is NC1CC2CCCC(C1)N2c1cccc2ccncc12. The van der Waals surface area contributed by atoms with Crippen LogP contribution in [-0.2, 0) is 0 Å². The molecule has 4 rings (SSSR count). The van der Waals surface area contributed by atoms with E-state index >= 15 is 0 Å². The third-order valence-electron chi connectivity index (χ3n) is 4.95. The first-order valence-corrected chi connectivity index (χ1v) is 7.69. The predicted octanol–water partition coefficient (Wildman–Crippen LogP) is 3.08. The molecule has 3 heterocycles. The minimum absolute atomic E-state index is 0.384. The molecule has 2 atom stereocenters. The number of rotatable bonds is 1. The third-order valence-corrected chi connectivity index (χ3v) is 4.95. The van der Waals surface area contributed by atoms with Gasteiger partial charge in [-0.15, -0.1) is 0 Å². The van der Waals surface area contributed by atoms with Crippen molar-refractivity contribution in [1.82, 2.24) is 4.98 Å². The first kappa shape index (κ1) is 12.2. The van der Waals surface area contributed by atoms with Gasteiger partial charge < -0.3 is 10.6 Å². The number of anilines is 1. The van der Waals surface area contributed by atoms with E-state index in [9.17, 15) is 0 Å². The number of hydrogen-bond acceptors (Lipinski definition) is 3. The van der Waals surface area contributed by atoms with Crippen molar-refractivity contribution in [3.05, 3.63) is 36.7 Å². The van der Waals surface area contributed by atoms with Crippen LogP contribution in [-0.4, -0.2) is 23.1 Å². The van der Waals surface area contributed by atoms with Crippen molar-refractivity contribution in [2.24, 2.45) is 5.73 Å². The smallest absolute Gasteiger partial charge is 0.0466 e. The molecule has 2 aliphatic rings. The summed E-state index contributed by atoms with van der Waals surface area (Å²) in [5.41, 5.74) is 7.60. The Morgan fingerprint density at radius 3 is 2.70 bits per heavy atom. The second-order valence-electron chi connectivity index (χ2n) is 6.25. The van der Waals surface area contributed by atoms with Crippen LogP contribution in [0.4, 0.5) is 5.69 Å². The number of piperidine rings is 2. The molecule has 2 aliphatic heterocycles. The first-order valence-electron chi connectivity index (χ1n) is 7.69. The molecule has 2 fully saturated rings. The van der Waals surface area contributed by atoms with Crippen LogP contribution >= 0.6 is 0 Å². The lowest BCUT2D eigenvalue weighted by atomic mass is 9.81. The molecule has 0 aliphatic carbocycles. The summed E-state index contributed by atoms with van der Waals surface area (Å²) in [5.74, 6) is 0. The Balaban J connectivity index is 1.82. The zero-order chi connectivity index (χ0) is 13.5. The maximum Gasteiger partial charge on any atom is 0.0466 e. The van der Waals surface area contributed by atoms with Gasteiger partial charge in [-0.1, -0.05) is 12.1 Å². The van der Waals surface area contributed by atoms with Gasteiger partial charge in [-0.3, -0.25) is 4.98 Å². The summed E-state index contributed by atoms with van der Waals surface area (Å²) in [6, 6.07) is 10.3. The number of nitrogens with two attached hydrogens (primary N) is 1. The minimum Gasteiger partial charge on any atom is -0.365 e. The molecule has 2 aromatic rings. The summed E-state index contributed by atoms with van der Waals surface area (Å²) >= 11 is 0. The fraction of sp³-hybridized carbons (Fsp3) is 0.471. The van der Waals surface area contributed by atoms with E-state index in [0.717, 1.165) is 12.8 Å². The highest BCUT2D eigenvalue weighted by atomic mass is 15.2. The second kappa shape index (κ2) is 4.74. The quantitative estimate of drug-likeness (QED) is 0.863. The van der Waals surface area contributed by atoms with Gasteiger partial charge in [0, 0.05) is 41.6 Å². The van der Waals surface area contributed by atoms with E-state index in [1.54, 1.807) is 0 Å². The van der Waals surface area contributed by atoms with E-state index in [1.807, 2.05) is 12.4 Å². The summed E-state index contributed by atoms with van der Waals surface area (Å²) < 4.78 is 0. The number of nitrogens with zero attached hydrogens (tertiary/aromatic N) is 2. The molecule has 3 nitrogen and oxygen atoms in total. The molecule has 2 N–H and O–H groups in total. The Morgan fingerprint density at radius 2 is 1.90 bits per heavy atom. The molecule has 2 saturated heterocycles. The molecule has 0 spiro atoms. The minimum atomic E-state index is 0.384. The number of aromatic nitrogens is 1. The van der Waals surface area contributed by atoms with Gasteiger partial charge in [0.1, 0.15) is 0 Å². The average molecular weight is 267 g/mol. The Bertz CT molecular complexity index is 605. The Kier molecular flexibility index (Phi) is 2.88. The molecule has 1 aromatic heterocycles. The average Bonchev–Trinajstić information content (AvgIpc) is 2.46. The van der Waals surface area contributed by atoms with Crippen molar-refractivity contribution >= 4 is 16.5 Å². The molecule has 2 bridgehead atoms. The maximum atomic E-state index is 6.24. The lowest BCUT2D eigenvalue weighted by molar-refractivity contribution is 0.272. The lowest BCUT2D eigenvalue weighted by Crippen LogP contribution is -2.55. The zero-order valence-corrected chi connectivity index (χ0v) is 11.7. The molecule has 104 valence electrons. The van der Waals surface area contributed by atoms with Gasteiger partial charge in [0.15, 0.2) is 0 Å². The van der Waals surface area contributed by atoms with Crippen LogP contribution in [0.15, 0.2) is 36.7 Å². The van der Waals surface area contributed by atoms with Crippen LogP contribution in [0, 0.1) is 0 Å². The largest absolute Gasteiger partial charge is 0.365 e. The maximum absolute atomic E-state index is 6.24. The Labute approximate surface area is 119 Å². The highest BCUT2D eigenvalue weighted by molar-refractivity contribution is 5.93. The molecule has 2 unspecified atom stereocenters. The molecular weight excluding hydrogens is 246 g/mol. The van der Waals surface area contributed by atoms with Gasteiger partial charge in [-0.25, -0.2) is 0 Å². The van der Waals surface area contributed by atoms with E-state index in [1.165, 1.54) is 35.7 Å². The highest BCUT2D eigenvalue weighted by Crippen LogP contribution is 2.39. The van der Waals surface area contributed by atoms with E-state index in [2.05, 4.69) is 34.1 Å². The van der Waals surface area contributed by atoms with Gasteiger partial charge >= 0.3 is 0 Å².